The molecule has 0 saturated carbocycles. The molecular weight excluding hydrogens is 406 g/mol. The minimum atomic E-state index is -0.0276. The van der Waals surface area contributed by atoms with E-state index in [9.17, 15) is 9.59 Å². The van der Waals surface area contributed by atoms with Crippen molar-refractivity contribution in [3.63, 3.8) is 0 Å². The van der Waals surface area contributed by atoms with Gasteiger partial charge in [-0.3, -0.25) is 9.59 Å². The van der Waals surface area contributed by atoms with Crippen LogP contribution in [0.15, 0.2) is 54.9 Å². The van der Waals surface area contributed by atoms with E-state index in [1.807, 2.05) is 42.5 Å². The summed E-state index contributed by atoms with van der Waals surface area (Å²) in [6, 6.07) is 13.3. The van der Waals surface area contributed by atoms with Crippen LogP contribution in [0.5, 0.6) is 5.88 Å². The summed E-state index contributed by atoms with van der Waals surface area (Å²) >= 11 is 0. The van der Waals surface area contributed by atoms with Crippen molar-refractivity contribution >= 4 is 29.0 Å². The number of ether oxygens (including phenoxy) is 1. The third kappa shape index (κ3) is 3.64. The number of fused-ring (bicyclic) bond motifs is 3. The van der Waals surface area contributed by atoms with E-state index in [1.165, 1.54) is 0 Å². The predicted octanol–water partition coefficient (Wildman–Crippen LogP) is 3.48. The molecule has 2 aliphatic rings. The van der Waals surface area contributed by atoms with Crippen molar-refractivity contribution in [1.29, 1.82) is 0 Å². The second-order valence-corrected chi connectivity index (χ2v) is 8.15. The number of anilines is 3. The lowest BCUT2D eigenvalue weighted by Gasteiger charge is -2.31. The Bertz CT molecular complexity index is 1180. The van der Waals surface area contributed by atoms with Gasteiger partial charge in [-0.05, 0) is 42.3 Å². The average molecular weight is 429 g/mol. The molecule has 32 heavy (non-hydrogen) atoms. The Morgan fingerprint density at radius 2 is 1.88 bits per heavy atom. The van der Waals surface area contributed by atoms with Crippen LogP contribution < -0.4 is 15.0 Å². The van der Waals surface area contributed by atoms with Crippen LogP contribution in [0.1, 0.15) is 23.2 Å². The molecular formula is C24H23N5O3. The van der Waals surface area contributed by atoms with Crippen molar-refractivity contribution < 1.29 is 14.3 Å². The number of benzene rings is 1. The van der Waals surface area contributed by atoms with Crippen LogP contribution in [0.25, 0.3) is 11.1 Å². The zero-order valence-electron chi connectivity index (χ0n) is 17.9. The highest BCUT2D eigenvalue weighted by atomic mass is 16.5. The van der Waals surface area contributed by atoms with Crippen LogP contribution in [-0.2, 0) is 4.79 Å². The summed E-state index contributed by atoms with van der Waals surface area (Å²) in [7, 11) is 3.47. The van der Waals surface area contributed by atoms with Gasteiger partial charge in [-0.15, -0.1) is 0 Å². The molecule has 1 saturated heterocycles. The number of hydrogen-bond acceptors (Lipinski definition) is 6. The molecule has 2 aliphatic heterocycles. The topological polar surface area (TPSA) is 87.7 Å². The zero-order chi connectivity index (χ0) is 22.2. The Balaban J connectivity index is 1.32. The first-order chi connectivity index (χ1) is 15.5. The van der Waals surface area contributed by atoms with Crippen molar-refractivity contribution in [2.24, 2.45) is 0 Å². The fraction of sp³-hybridized carbons (Fsp3) is 0.250. The number of aromatic nitrogens is 2. The van der Waals surface area contributed by atoms with E-state index in [1.54, 1.807) is 36.3 Å². The van der Waals surface area contributed by atoms with Gasteiger partial charge in [-0.25, -0.2) is 9.97 Å². The van der Waals surface area contributed by atoms with Gasteiger partial charge >= 0.3 is 0 Å². The molecule has 1 N–H and O–H groups in total. The van der Waals surface area contributed by atoms with Gasteiger partial charge < -0.3 is 19.9 Å². The maximum absolute atomic E-state index is 12.3. The highest BCUT2D eigenvalue weighted by molar-refractivity contribution is 5.98. The number of amides is 2. The molecule has 4 heterocycles. The standard InChI is InChI=1S/C24H23N5O3/c1-28(2)24(31)16-5-3-15(4-6-16)17-7-9-21(25-12-17)27-18-11-20-23(26-13-18)32-14-19-8-10-22(30)29(19)20/h3-7,9,11-13,19H,8,10,14H2,1-2H3,(H,25,27). The molecule has 8 heteroatoms. The summed E-state index contributed by atoms with van der Waals surface area (Å²) in [6.45, 7) is 0.492. The Kier molecular flexibility index (Phi) is 4.97. The van der Waals surface area contributed by atoms with E-state index >= 15 is 0 Å². The summed E-state index contributed by atoms with van der Waals surface area (Å²) in [5.74, 6) is 1.23. The minimum Gasteiger partial charge on any atom is -0.474 e. The lowest BCUT2D eigenvalue weighted by molar-refractivity contribution is -0.117. The van der Waals surface area contributed by atoms with E-state index in [0.717, 1.165) is 23.2 Å². The van der Waals surface area contributed by atoms with Crippen molar-refractivity contribution in [1.82, 2.24) is 14.9 Å². The van der Waals surface area contributed by atoms with Crippen LogP contribution in [0.4, 0.5) is 17.2 Å². The van der Waals surface area contributed by atoms with Crippen molar-refractivity contribution in [3.8, 4) is 17.0 Å². The van der Waals surface area contributed by atoms with E-state index in [-0.39, 0.29) is 17.9 Å². The molecule has 0 spiro atoms. The Morgan fingerprint density at radius 1 is 1.09 bits per heavy atom. The maximum Gasteiger partial charge on any atom is 0.253 e. The summed E-state index contributed by atoms with van der Waals surface area (Å²) in [4.78, 5) is 36.6. The first-order valence-corrected chi connectivity index (χ1v) is 10.5. The van der Waals surface area contributed by atoms with E-state index in [2.05, 4.69) is 15.3 Å². The van der Waals surface area contributed by atoms with Crippen molar-refractivity contribution in [3.05, 3.63) is 60.4 Å². The van der Waals surface area contributed by atoms with E-state index < -0.39 is 0 Å². The van der Waals surface area contributed by atoms with Crippen LogP contribution in [0, 0.1) is 0 Å². The van der Waals surface area contributed by atoms with Crippen molar-refractivity contribution in [2.45, 2.75) is 18.9 Å². The lowest BCUT2D eigenvalue weighted by Crippen LogP contribution is -2.40. The summed E-state index contributed by atoms with van der Waals surface area (Å²) in [5.41, 5.74) is 4.01. The monoisotopic (exact) mass is 429 g/mol. The summed E-state index contributed by atoms with van der Waals surface area (Å²) in [6.07, 6.45) is 4.80. The molecule has 162 valence electrons. The summed E-state index contributed by atoms with van der Waals surface area (Å²) < 4.78 is 5.72. The number of nitrogens with zero attached hydrogens (tertiary/aromatic N) is 4. The molecule has 1 fully saturated rings. The summed E-state index contributed by atoms with van der Waals surface area (Å²) in [5, 5.41) is 3.25. The first kappa shape index (κ1) is 20.0. The third-order valence-electron chi connectivity index (χ3n) is 5.74. The molecule has 1 aromatic carbocycles. The number of pyridine rings is 2. The molecule has 5 rings (SSSR count). The van der Waals surface area contributed by atoms with Gasteiger partial charge in [0.2, 0.25) is 11.8 Å². The zero-order valence-corrected chi connectivity index (χ0v) is 17.9. The van der Waals surface area contributed by atoms with Gasteiger partial charge in [0.05, 0.1) is 17.9 Å². The highest BCUT2D eigenvalue weighted by Crippen LogP contribution is 2.38. The van der Waals surface area contributed by atoms with Crippen LogP contribution in [-0.4, -0.2) is 53.4 Å². The predicted molar refractivity (Wildman–Crippen MR) is 121 cm³/mol. The van der Waals surface area contributed by atoms with Crippen LogP contribution >= 0.6 is 0 Å². The molecule has 2 amide bonds. The van der Waals surface area contributed by atoms with E-state index in [0.29, 0.717) is 36.0 Å². The van der Waals surface area contributed by atoms with E-state index in [4.69, 9.17) is 4.74 Å². The molecule has 8 nitrogen and oxygen atoms in total. The Hall–Kier alpha value is -3.94. The van der Waals surface area contributed by atoms with Gasteiger partial charge in [-0.2, -0.15) is 0 Å². The van der Waals surface area contributed by atoms with Gasteiger partial charge in [0.1, 0.15) is 18.1 Å². The number of hydrogen-bond donors (Lipinski definition) is 1. The number of rotatable bonds is 4. The van der Waals surface area contributed by atoms with Gasteiger partial charge in [-0.1, -0.05) is 12.1 Å². The van der Waals surface area contributed by atoms with Gasteiger partial charge in [0, 0.05) is 37.8 Å². The second-order valence-electron chi connectivity index (χ2n) is 8.15. The molecule has 3 aromatic rings. The molecule has 0 aliphatic carbocycles. The minimum absolute atomic E-state index is 0.0276. The second kappa shape index (κ2) is 7.96. The van der Waals surface area contributed by atoms with Crippen molar-refractivity contribution in [2.75, 3.05) is 30.9 Å². The smallest absolute Gasteiger partial charge is 0.253 e. The molecule has 2 aromatic heterocycles. The maximum atomic E-state index is 12.3. The fourth-order valence-corrected chi connectivity index (χ4v) is 4.05. The lowest BCUT2D eigenvalue weighted by atomic mass is 10.1. The molecule has 0 bridgehead atoms. The first-order valence-electron chi connectivity index (χ1n) is 10.5. The molecule has 1 unspecified atom stereocenters. The molecule has 0 radical (unpaired) electrons. The SMILES string of the molecule is CN(C)C(=O)c1ccc(-c2ccc(Nc3cnc4c(c3)N3C(=O)CCC3CO4)nc2)cc1. The largest absolute Gasteiger partial charge is 0.474 e. The third-order valence-corrected chi connectivity index (χ3v) is 5.74. The number of nitrogens with one attached hydrogen (secondary N) is 1. The normalized spacial score (nSPS) is 16.8. The number of carbonyl (C=O) groups is 2. The highest BCUT2D eigenvalue weighted by Gasteiger charge is 2.38. The Labute approximate surface area is 185 Å². The number of carbonyl (C=O) groups excluding carboxylic acids is 2. The Morgan fingerprint density at radius 3 is 2.59 bits per heavy atom. The van der Waals surface area contributed by atoms with Gasteiger partial charge in [0.25, 0.3) is 5.91 Å². The van der Waals surface area contributed by atoms with Gasteiger partial charge in [0.15, 0.2) is 0 Å². The van der Waals surface area contributed by atoms with Crippen LogP contribution in [0.3, 0.4) is 0 Å². The van der Waals surface area contributed by atoms with Crippen LogP contribution in [0.2, 0.25) is 0 Å². The average Bonchev–Trinajstić information content (AvgIpc) is 3.20. The fourth-order valence-electron chi connectivity index (χ4n) is 4.05. The molecule has 1 atom stereocenters. The quantitative estimate of drug-likeness (QED) is 0.683.